The Labute approximate surface area is 102 Å². The van der Waals surface area contributed by atoms with Gasteiger partial charge in [0, 0.05) is 6.20 Å². The molecule has 1 aromatic rings. The molecule has 0 amide bonds. The van der Waals surface area contributed by atoms with E-state index in [0.717, 1.165) is 17.3 Å². The summed E-state index contributed by atoms with van der Waals surface area (Å²) in [5, 5.41) is 4.11. The average Bonchev–Trinajstić information content (AvgIpc) is 3.03. The van der Waals surface area contributed by atoms with Crippen molar-refractivity contribution in [1.29, 1.82) is 0 Å². The summed E-state index contributed by atoms with van der Waals surface area (Å²) in [7, 11) is 1.37. The van der Waals surface area contributed by atoms with E-state index in [1.54, 1.807) is 17.1 Å². The third kappa shape index (κ3) is 2.12. The monoisotopic (exact) mass is 287 g/mol. The summed E-state index contributed by atoms with van der Waals surface area (Å²) in [6.45, 7) is 0.357. The molecule has 1 heterocycles. The Hall–Kier alpha value is -0.880. The summed E-state index contributed by atoms with van der Waals surface area (Å²) >= 11 is 3.31. The normalized spacial score (nSPS) is 19.2. The highest BCUT2D eigenvalue weighted by Gasteiger charge is 2.49. The molecule has 5 nitrogen and oxygen atoms in total. The predicted octanol–water partition coefficient (Wildman–Crippen LogP) is 0.926. The van der Waals surface area contributed by atoms with Crippen molar-refractivity contribution in [1.82, 2.24) is 9.78 Å². The van der Waals surface area contributed by atoms with E-state index in [4.69, 9.17) is 10.5 Å². The summed E-state index contributed by atoms with van der Waals surface area (Å²) in [5.41, 5.74) is 5.20. The lowest BCUT2D eigenvalue weighted by molar-refractivity contribution is -0.148. The summed E-state index contributed by atoms with van der Waals surface area (Å²) in [6, 6.07) is 0. The Morgan fingerprint density at radius 1 is 1.81 bits per heavy atom. The average molecular weight is 288 g/mol. The number of ether oxygens (including phenoxy) is 1. The summed E-state index contributed by atoms with van der Waals surface area (Å²) in [4.78, 5) is 11.7. The number of carbonyl (C=O) groups is 1. The van der Waals surface area contributed by atoms with Crippen LogP contribution in [-0.2, 0) is 16.1 Å². The molecule has 1 saturated carbocycles. The van der Waals surface area contributed by atoms with Crippen LogP contribution in [0.15, 0.2) is 16.9 Å². The minimum Gasteiger partial charge on any atom is -0.468 e. The smallest absolute Gasteiger partial charge is 0.328 e. The van der Waals surface area contributed by atoms with E-state index in [9.17, 15) is 4.79 Å². The lowest BCUT2D eigenvalue weighted by atomic mass is 9.94. The molecule has 2 N–H and O–H groups in total. The molecule has 1 unspecified atom stereocenters. The second kappa shape index (κ2) is 4.18. The molecule has 2 rings (SSSR count). The molecule has 0 aliphatic heterocycles. The lowest BCUT2D eigenvalue weighted by Crippen LogP contribution is -2.54. The van der Waals surface area contributed by atoms with Crippen LogP contribution in [0.3, 0.4) is 0 Å². The number of carbonyl (C=O) groups excluding carboxylic acids is 1. The predicted molar refractivity (Wildman–Crippen MR) is 61.6 cm³/mol. The Bertz CT molecular complexity index is 403. The Morgan fingerprint density at radius 2 is 2.50 bits per heavy atom. The van der Waals surface area contributed by atoms with Crippen LogP contribution < -0.4 is 5.73 Å². The van der Waals surface area contributed by atoms with Crippen molar-refractivity contribution in [2.24, 2.45) is 11.7 Å². The molecule has 1 aromatic heterocycles. The number of halogens is 1. The highest BCUT2D eigenvalue weighted by atomic mass is 79.9. The van der Waals surface area contributed by atoms with Crippen molar-refractivity contribution < 1.29 is 9.53 Å². The minimum absolute atomic E-state index is 0.211. The fraction of sp³-hybridized carbons (Fsp3) is 0.600. The second-order valence-electron chi connectivity index (χ2n) is 4.16. The molecule has 1 aliphatic carbocycles. The van der Waals surface area contributed by atoms with E-state index in [1.165, 1.54) is 7.11 Å². The van der Waals surface area contributed by atoms with Crippen LogP contribution in [0.2, 0.25) is 0 Å². The fourth-order valence-corrected chi connectivity index (χ4v) is 2.17. The van der Waals surface area contributed by atoms with Crippen LogP contribution in [0, 0.1) is 5.92 Å². The molecule has 1 aliphatic rings. The number of nitrogens with two attached hydrogens (primary N) is 1. The van der Waals surface area contributed by atoms with E-state index in [1.807, 2.05) is 0 Å². The largest absolute Gasteiger partial charge is 0.468 e. The van der Waals surface area contributed by atoms with E-state index in [0.29, 0.717) is 6.54 Å². The first kappa shape index (κ1) is 11.6. The first-order valence-corrected chi connectivity index (χ1v) is 5.91. The van der Waals surface area contributed by atoms with Gasteiger partial charge >= 0.3 is 5.97 Å². The summed E-state index contributed by atoms with van der Waals surface area (Å²) in [5.74, 6) is -0.149. The van der Waals surface area contributed by atoms with Crippen molar-refractivity contribution in [3.63, 3.8) is 0 Å². The molecular weight excluding hydrogens is 274 g/mol. The highest BCUT2D eigenvalue weighted by Crippen LogP contribution is 2.39. The van der Waals surface area contributed by atoms with Gasteiger partial charge in [-0.15, -0.1) is 0 Å². The lowest BCUT2D eigenvalue weighted by Gasteiger charge is -2.26. The molecule has 1 fully saturated rings. The number of esters is 1. The second-order valence-corrected chi connectivity index (χ2v) is 5.08. The van der Waals surface area contributed by atoms with Crippen molar-refractivity contribution in [2.45, 2.75) is 24.9 Å². The van der Waals surface area contributed by atoms with Crippen LogP contribution in [0.5, 0.6) is 0 Å². The quantitative estimate of drug-likeness (QED) is 0.837. The van der Waals surface area contributed by atoms with Crippen LogP contribution in [0.25, 0.3) is 0 Å². The van der Waals surface area contributed by atoms with Crippen LogP contribution in [-0.4, -0.2) is 28.4 Å². The maximum Gasteiger partial charge on any atom is 0.328 e. The Morgan fingerprint density at radius 3 is 2.94 bits per heavy atom. The number of nitrogens with zero attached hydrogens (tertiary/aromatic N) is 2. The topological polar surface area (TPSA) is 70.1 Å². The van der Waals surface area contributed by atoms with Crippen LogP contribution in [0.1, 0.15) is 12.8 Å². The van der Waals surface area contributed by atoms with Crippen LogP contribution in [0.4, 0.5) is 0 Å². The highest BCUT2D eigenvalue weighted by molar-refractivity contribution is 9.10. The van der Waals surface area contributed by atoms with Crippen molar-refractivity contribution in [2.75, 3.05) is 7.11 Å². The molecule has 1 atom stereocenters. The number of hydrogen-bond acceptors (Lipinski definition) is 4. The van der Waals surface area contributed by atoms with Gasteiger partial charge in [-0.1, -0.05) is 0 Å². The maximum absolute atomic E-state index is 11.7. The molecule has 6 heteroatoms. The maximum atomic E-state index is 11.7. The number of aromatic nitrogens is 2. The first-order chi connectivity index (χ1) is 7.56. The van der Waals surface area contributed by atoms with Gasteiger partial charge in [-0.3, -0.25) is 4.68 Å². The summed E-state index contributed by atoms with van der Waals surface area (Å²) in [6.07, 6.45) is 5.43. The van der Waals surface area contributed by atoms with Gasteiger partial charge < -0.3 is 10.5 Å². The Kier molecular flexibility index (Phi) is 3.03. The molecule has 0 saturated heterocycles. The third-order valence-electron chi connectivity index (χ3n) is 2.90. The van der Waals surface area contributed by atoms with E-state index in [2.05, 4.69) is 21.0 Å². The third-order valence-corrected chi connectivity index (χ3v) is 3.31. The minimum atomic E-state index is -0.944. The zero-order valence-corrected chi connectivity index (χ0v) is 10.6. The molecule has 0 spiro atoms. The number of hydrogen-bond donors (Lipinski definition) is 1. The zero-order chi connectivity index (χ0) is 11.8. The summed E-state index contributed by atoms with van der Waals surface area (Å²) < 4.78 is 7.32. The first-order valence-electron chi connectivity index (χ1n) is 5.11. The van der Waals surface area contributed by atoms with Gasteiger partial charge in [0.05, 0.1) is 24.3 Å². The van der Waals surface area contributed by atoms with Gasteiger partial charge in [-0.2, -0.15) is 5.10 Å². The molecule has 0 radical (unpaired) electrons. The van der Waals surface area contributed by atoms with Crippen molar-refractivity contribution in [3.8, 4) is 0 Å². The standard InChI is InChI=1S/C10H14BrN3O2/c1-16-9(15)10(12,7-2-3-7)6-14-5-8(11)4-13-14/h4-5,7H,2-3,6,12H2,1H3. The van der Waals surface area contributed by atoms with Crippen molar-refractivity contribution >= 4 is 21.9 Å². The van der Waals surface area contributed by atoms with Crippen molar-refractivity contribution in [3.05, 3.63) is 16.9 Å². The number of methoxy groups -OCH3 is 1. The molecule has 88 valence electrons. The van der Waals surface area contributed by atoms with Gasteiger partial charge in [0.25, 0.3) is 0 Å². The zero-order valence-electron chi connectivity index (χ0n) is 9.02. The van der Waals surface area contributed by atoms with E-state index in [-0.39, 0.29) is 11.9 Å². The Balaban J connectivity index is 2.17. The van der Waals surface area contributed by atoms with Gasteiger partial charge in [0.2, 0.25) is 0 Å². The molecule has 0 bridgehead atoms. The molecular formula is C10H14BrN3O2. The van der Waals surface area contributed by atoms with Gasteiger partial charge in [-0.25, -0.2) is 4.79 Å². The van der Waals surface area contributed by atoms with Gasteiger partial charge in [0.1, 0.15) is 5.54 Å². The van der Waals surface area contributed by atoms with Gasteiger partial charge in [-0.05, 0) is 34.7 Å². The van der Waals surface area contributed by atoms with E-state index < -0.39 is 5.54 Å². The SMILES string of the molecule is COC(=O)C(N)(Cn1cc(Br)cn1)C1CC1. The fourth-order valence-electron chi connectivity index (χ4n) is 1.84. The molecule has 16 heavy (non-hydrogen) atoms. The van der Waals surface area contributed by atoms with E-state index >= 15 is 0 Å². The van der Waals surface area contributed by atoms with Gasteiger partial charge in [0.15, 0.2) is 0 Å². The molecule has 0 aromatic carbocycles. The number of rotatable bonds is 4. The van der Waals surface area contributed by atoms with Crippen LogP contribution >= 0.6 is 15.9 Å².